The Labute approximate surface area is 192 Å². The zero-order chi connectivity index (χ0) is 23.1. The summed E-state index contributed by atoms with van der Waals surface area (Å²) in [5.74, 6) is 1.64. The second-order valence-corrected chi connectivity index (χ2v) is 9.21. The Kier molecular flexibility index (Phi) is 5.60. The van der Waals surface area contributed by atoms with Crippen LogP contribution in [0.5, 0.6) is 0 Å². The summed E-state index contributed by atoms with van der Waals surface area (Å²) in [5, 5.41) is 0.933. The normalized spacial score (nSPS) is 19.6. The third-order valence-corrected chi connectivity index (χ3v) is 7.43. The number of nitrogens with one attached hydrogen (secondary N) is 1. The smallest absolute Gasteiger partial charge is 0.338 e. The lowest BCUT2D eigenvalue weighted by Gasteiger charge is -2.32. The quantitative estimate of drug-likeness (QED) is 0.368. The number of halogens is 1. The number of fused-ring (bicyclic) bond motifs is 2. The van der Waals surface area contributed by atoms with Crippen molar-refractivity contribution in [2.24, 2.45) is 5.92 Å². The van der Waals surface area contributed by atoms with Crippen molar-refractivity contribution in [3.05, 3.63) is 70.9 Å². The second-order valence-electron chi connectivity index (χ2n) is 9.21. The fourth-order valence-electron chi connectivity index (χ4n) is 5.43. The lowest BCUT2D eigenvalue weighted by molar-refractivity contribution is 0.0600. The molecule has 170 valence electrons. The molecule has 2 heterocycles. The molecule has 6 heteroatoms. The van der Waals surface area contributed by atoms with Gasteiger partial charge in [0.25, 0.3) is 0 Å². The SMILES string of the molecule is COC(=O)c1ccc2nc([C@H](C)C3CCC(c4ccnc5ccc(F)cc45)CC3)[nH]c2c1C. The number of hydrogen-bond donors (Lipinski definition) is 1. The van der Waals surface area contributed by atoms with Gasteiger partial charge >= 0.3 is 5.97 Å². The predicted octanol–water partition coefficient (Wildman–Crippen LogP) is 6.42. The number of pyridine rings is 1. The van der Waals surface area contributed by atoms with Gasteiger partial charge in [-0.25, -0.2) is 14.2 Å². The Hall–Kier alpha value is -3.28. The number of carbonyl (C=O) groups excluding carboxylic acids is 1. The summed E-state index contributed by atoms with van der Waals surface area (Å²) < 4.78 is 18.8. The average molecular weight is 446 g/mol. The Morgan fingerprint density at radius 2 is 1.88 bits per heavy atom. The molecule has 1 aliphatic rings. The molecule has 1 fully saturated rings. The van der Waals surface area contributed by atoms with Gasteiger partial charge in [0.15, 0.2) is 0 Å². The van der Waals surface area contributed by atoms with Crippen LogP contribution in [0.4, 0.5) is 4.39 Å². The molecule has 5 rings (SSSR count). The summed E-state index contributed by atoms with van der Waals surface area (Å²) >= 11 is 0. The fraction of sp³-hybridized carbons (Fsp3) is 0.370. The minimum atomic E-state index is -0.333. The Morgan fingerprint density at radius 1 is 1.12 bits per heavy atom. The summed E-state index contributed by atoms with van der Waals surface area (Å²) in [6, 6.07) is 10.6. The van der Waals surface area contributed by atoms with Crippen LogP contribution in [0.3, 0.4) is 0 Å². The van der Waals surface area contributed by atoms with Gasteiger partial charge in [-0.1, -0.05) is 6.92 Å². The van der Waals surface area contributed by atoms with Gasteiger partial charge in [0.05, 0.1) is 29.2 Å². The molecule has 1 aliphatic carbocycles. The molecule has 0 aliphatic heterocycles. The molecule has 2 aromatic heterocycles. The highest BCUT2D eigenvalue weighted by atomic mass is 19.1. The van der Waals surface area contributed by atoms with Crippen LogP contribution in [0.1, 0.15) is 71.8 Å². The number of rotatable bonds is 4. The lowest BCUT2D eigenvalue weighted by atomic mass is 9.73. The van der Waals surface area contributed by atoms with Gasteiger partial charge in [-0.15, -0.1) is 0 Å². The molecule has 0 radical (unpaired) electrons. The standard InChI is InChI=1S/C27H28FN3O2/c1-15(26-30-24-11-9-20(27(32)33-3)16(2)25(24)31-26)17-4-6-18(7-5-17)21-12-13-29-23-10-8-19(28)14-22(21)23/h8-15,17-18H,4-7H2,1-3H3,(H,30,31)/t15-,17?,18?/m1/s1. The molecule has 4 aromatic rings. The minimum Gasteiger partial charge on any atom is -0.465 e. The van der Waals surface area contributed by atoms with Crippen LogP contribution in [0.15, 0.2) is 42.6 Å². The highest BCUT2D eigenvalue weighted by Gasteiger charge is 2.29. The van der Waals surface area contributed by atoms with Gasteiger partial charge < -0.3 is 9.72 Å². The Morgan fingerprint density at radius 3 is 2.64 bits per heavy atom. The number of hydrogen-bond acceptors (Lipinski definition) is 4. The lowest BCUT2D eigenvalue weighted by Crippen LogP contribution is -2.19. The zero-order valence-corrected chi connectivity index (χ0v) is 19.2. The molecular weight excluding hydrogens is 417 g/mol. The van der Waals surface area contributed by atoms with Crippen molar-refractivity contribution in [1.82, 2.24) is 15.0 Å². The predicted molar refractivity (Wildman–Crippen MR) is 127 cm³/mol. The fourth-order valence-corrected chi connectivity index (χ4v) is 5.43. The van der Waals surface area contributed by atoms with E-state index in [1.807, 2.05) is 19.2 Å². The van der Waals surface area contributed by atoms with E-state index < -0.39 is 0 Å². The first kappa shape index (κ1) is 21.6. The van der Waals surface area contributed by atoms with Crippen molar-refractivity contribution in [3.8, 4) is 0 Å². The molecule has 33 heavy (non-hydrogen) atoms. The molecule has 1 atom stereocenters. The number of imidazole rings is 1. The first-order valence-electron chi connectivity index (χ1n) is 11.6. The van der Waals surface area contributed by atoms with Crippen molar-refractivity contribution in [2.45, 2.75) is 51.4 Å². The number of carbonyl (C=O) groups is 1. The second kappa shape index (κ2) is 8.58. The van der Waals surface area contributed by atoms with Crippen molar-refractivity contribution in [1.29, 1.82) is 0 Å². The van der Waals surface area contributed by atoms with Crippen molar-refractivity contribution < 1.29 is 13.9 Å². The van der Waals surface area contributed by atoms with Crippen molar-refractivity contribution >= 4 is 27.9 Å². The van der Waals surface area contributed by atoms with Gasteiger partial charge in [-0.05, 0) is 92.0 Å². The van der Waals surface area contributed by atoms with Crippen molar-refractivity contribution in [3.63, 3.8) is 0 Å². The van der Waals surface area contributed by atoms with Crippen LogP contribution in [0.2, 0.25) is 0 Å². The van der Waals surface area contributed by atoms with Gasteiger partial charge in [0.1, 0.15) is 11.6 Å². The van der Waals surface area contributed by atoms with E-state index in [2.05, 4.69) is 23.0 Å². The van der Waals surface area contributed by atoms with Gasteiger partial charge in [-0.2, -0.15) is 0 Å². The number of H-pyrrole nitrogens is 1. The van der Waals surface area contributed by atoms with E-state index in [1.165, 1.54) is 18.7 Å². The van der Waals surface area contributed by atoms with Crippen LogP contribution in [-0.4, -0.2) is 28.0 Å². The van der Waals surface area contributed by atoms with Crippen LogP contribution < -0.4 is 0 Å². The number of aromatic nitrogens is 3. The van der Waals surface area contributed by atoms with E-state index >= 15 is 0 Å². The molecule has 0 saturated heterocycles. The maximum atomic E-state index is 13.9. The Bertz CT molecular complexity index is 1340. The first-order valence-corrected chi connectivity index (χ1v) is 11.6. The van der Waals surface area contributed by atoms with Crippen molar-refractivity contribution in [2.75, 3.05) is 7.11 Å². The molecule has 1 N–H and O–H groups in total. The molecule has 0 spiro atoms. The number of methoxy groups -OCH3 is 1. The number of nitrogens with zero attached hydrogens (tertiary/aromatic N) is 2. The Balaban J connectivity index is 1.34. The maximum Gasteiger partial charge on any atom is 0.338 e. The van der Waals surface area contributed by atoms with Gasteiger partial charge in [0, 0.05) is 17.5 Å². The van der Waals surface area contributed by atoms with Crippen LogP contribution >= 0.6 is 0 Å². The summed E-state index contributed by atoms with van der Waals surface area (Å²) in [7, 11) is 1.40. The molecule has 0 unspecified atom stereocenters. The van der Waals surface area contributed by atoms with Crippen LogP contribution in [-0.2, 0) is 4.74 Å². The number of benzene rings is 2. The van der Waals surface area contributed by atoms with Crippen LogP contribution in [0.25, 0.3) is 21.9 Å². The number of aromatic amines is 1. The highest BCUT2D eigenvalue weighted by molar-refractivity contribution is 5.96. The molecule has 0 amide bonds. The topological polar surface area (TPSA) is 67.9 Å². The molecule has 2 aromatic carbocycles. The highest BCUT2D eigenvalue weighted by Crippen LogP contribution is 2.43. The summed E-state index contributed by atoms with van der Waals surface area (Å²) in [6.07, 6.45) is 6.15. The van der Waals surface area contributed by atoms with E-state index in [4.69, 9.17) is 9.72 Å². The number of esters is 1. The number of ether oxygens (including phenoxy) is 1. The third-order valence-electron chi connectivity index (χ3n) is 7.43. The van der Waals surface area contributed by atoms with Gasteiger partial charge in [-0.3, -0.25) is 4.98 Å². The minimum absolute atomic E-state index is 0.213. The van der Waals surface area contributed by atoms with E-state index in [0.29, 0.717) is 17.4 Å². The summed E-state index contributed by atoms with van der Waals surface area (Å²) in [6.45, 7) is 4.16. The third kappa shape index (κ3) is 3.88. The zero-order valence-electron chi connectivity index (χ0n) is 19.2. The summed E-state index contributed by atoms with van der Waals surface area (Å²) in [4.78, 5) is 24.8. The van der Waals surface area contributed by atoms with E-state index in [0.717, 1.165) is 59.0 Å². The average Bonchev–Trinajstić information content (AvgIpc) is 3.28. The largest absolute Gasteiger partial charge is 0.465 e. The van der Waals surface area contributed by atoms with E-state index in [-0.39, 0.29) is 17.7 Å². The van der Waals surface area contributed by atoms with Gasteiger partial charge in [0.2, 0.25) is 0 Å². The van der Waals surface area contributed by atoms with E-state index in [9.17, 15) is 9.18 Å². The molecule has 1 saturated carbocycles. The van der Waals surface area contributed by atoms with Crippen LogP contribution in [0, 0.1) is 18.7 Å². The van der Waals surface area contributed by atoms with E-state index in [1.54, 1.807) is 18.2 Å². The summed E-state index contributed by atoms with van der Waals surface area (Å²) in [5.41, 5.74) is 5.27. The molecule has 0 bridgehead atoms. The monoisotopic (exact) mass is 445 g/mol. The maximum absolute atomic E-state index is 13.9. The molecule has 5 nitrogen and oxygen atoms in total. The number of aryl methyl sites for hydroxylation is 1. The molecular formula is C27H28FN3O2. The first-order chi connectivity index (χ1) is 16.0.